The molecule has 0 aromatic heterocycles. The maximum absolute atomic E-state index is 9.22. The Morgan fingerprint density at radius 2 is 1.71 bits per heavy atom. The molecule has 2 aromatic carbocycles. The minimum absolute atomic E-state index is 0.0871. The van der Waals surface area contributed by atoms with Crippen LogP contribution in [0.2, 0.25) is 5.02 Å². The van der Waals surface area contributed by atoms with Crippen molar-refractivity contribution in [3.8, 4) is 0 Å². The van der Waals surface area contributed by atoms with E-state index in [1.54, 1.807) is 11.8 Å². The Kier molecular flexibility index (Phi) is 4.49. The van der Waals surface area contributed by atoms with Crippen LogP contribution in [-0.2, 0) is 12.4 Å². The van der Waals surface area contributed by atoms with Gasteiger partial charge in [-0.2, -0.15) is 0 Å². The number of hydrogen-bond donors (Lipinski definition) is 1. The second-order valence-electron chi connectivity index (χ2n) is 3.68. The van der Waals surface area contributed by atoms with Gasteiger partial charge in [-0.1, -0.05) is 41.9 Å². The zero-order valence-electron chi connectivity index (χ0n) is 9.27. The van der Waals surface area contributed by atoms with Crippen molar-refractivity contribution in [2.75, 3.05) is 0 Å². The van der Waals surface area contributed by atoms with E-state index in [4.69, 9.17) is 11.6 Å². The minimum Gasteiger partial charge on any atom is -0.392 e. The van der Waals surface area contributed by atoms with E-state index in [1.807, 2.05) is 48.5 Å². The van der Waals surface area contributed by atoms with E-state index in [9.17, 15) is 5.11 Å². The molecular weight excluding hydrogens is 252 g/mol. The fourth-order valence-electron chi connectivity index (χ4n) is 1.52. The Hall–Kier alpha value is -0.960. The molecule has 1 N–H and O–H groups in total. The lowest BCUT2D eigenvalue weighted by Gasteiger charge is -2.06. The summed E-state index contributed by atoms with van der Waals surface area (Å²) in [5.41, 5.74) is 2.21. The molecular formula is C14H13ClOS. The smallest absolute Gasteiger partial charge is 0.0692 e. The molecule has 0 fully saturated rings. The van der Waals surface area contributed by atoms with Crippen molar-refractivity contribution in [3.63, 3.8) is 0 Å². The Balaban J connectivity index is 2.04. The van der Waals surface area contributed by atoms with E-state index in [1.165, 1.54) is 5.56 Å². The Bertz CT molecular complexity index is 482. The van der Waals surface area contributed by atoms with Crippen molar-refractivity contribution in [2.24, 2.45) is 0 Å². The van der Waals surface area contributed by atoms with E-state index < -0.39 is 0 Å². The highest BCUT2D eigenvalue weighted by Gasteiger charge is 2.01. The van der Waals surface area contributed by atoms with Crippen molar-refractivity contribution in [2.45, 2.75) is 17.3 Å². The Morgan fingerprint density at radius 3 is 2.41 bits per heavy atom. The van der Waals surface area contributed by atoms with Gasteiger partial charge in [0, 0.05) is 15.7 Å². The first-order valence-electron chi connectivity index (χ1n) is 5.35. The summed E-state index contributed by atoms with van der Waals surface area (Å²) in [7, 11) is 0. The highest BCUT2D eigenvalue weighted by Crippen LogP contribution is 2.26. The van der Waals surface area contributed by atoms with Crippen LogP contribution in [0.15, 0.2) is 53.4 Å². The fourth-order valence-corrected chi connectivity index (χ4v) is 2.65. The first kappa shape index (κ1) is 12.5. The van der Waals surface area contributed by atoms with Crippen LogP contribution in [0.25, 0.3) is 0 Å². The molecule has 0 heterocycles. The molecule has 88 valence electrons. The van der Waals surface area contributed by atoms with Crippen molar-refractivity contribution in [3.05, 3.63) is 64.7 Å². The number of aliphatic hydroxyl groups is 1. The number of hydrogen-bond acceptors (Lipinski definition) is 2. The van der Waals surface area contributed by atoms with Crippen LogP contribution >= 0.6 is 23.4 Å². The summed E-state index contributed by atoms with van der Waals surface area (Å²) in [5.74, 6) is 0.883. The van der Waals surface area contributed by atoms with Crippen LogP contribution in [0.3, 0.4) is 0 Å². The molecule has 0 unspecified atom stereocenters. The molecule has 2 rings (SSSR count). The summed E-state index contributed by atoms with van der Waals surface area (Å²) in [6.45, 7) is 0.0871. The summed E-state index contributed by atoms with van der Waals surface area (Å²) in [4.78, 5) is 1.13. The summed E-state index contributed by atoms with van der Waals surface area (Å²) >= 11 is 7.56. The quantitative estimate of drug-likeness (QED) is 0.838. The Labute approximate surface area is 110 Å². The zero-order valence-corrected chi connectivity index (χ0v) is 10.8. The molecule has 0 aliphatic heterocycles. The van der Waals surface area contributed by atoms with Gasteiger partial charge in [-0.15, -0.1) is 11.8 Å². The first-order valence-corrected chi connectivity index (χ1v) is 6.72. The zero-order chi connectivity index (χ0) is 12.1. The van der Waals surface area contributed by atoms with Gasteiger partial charge in [0.15, 0.2) is 0 Å². The average molecular weight is 265 g/mol. The van der Waals surface area contributed by atoms with Gasteiger partial charge in [-0.3, -0.25) is 0 Å². The van der Waals surface area contributed by atoms with E-state index in [0.29, 0.717) is 0 Å². The van der Waals surface area contributed by atoms with Gasteiger partial charge < -0.3 is 5.11 Å². The number of thioether (sulfide) groups is 1. The lowest BCUT2D eigenvalue weighted by molar-refractivity contribution is 0.279. The van der Waals surface area contributed by atoms with Crippen LogP contribution in [-0.4, -0.2) is 5.11 Å². The van der Waals surface area contributed by atoms with Crippen molar-refractivity contribution < 1.29 is 5.11 Å². The molecule has 0 bridgehead atoms. The molecule has 1 nitrogen and oxygen atoms in total. The molecule has 0 amide bonds. The van der Waals surface area contributed by atoms with Gasteiger partial charge in [0.25, 0.3) is 0 Å². The predicted molar refractivity (Wildman–Crippen MR) is 73.4 cm³/mol. The third-order valence-corrected chi connectivity index (χ3v) is 3.89. The van der Waals surface area contributed by atoms with E-state index in [-0.39, 0.29) is 6.61 Å². The summed E-state index contributed by atoms with van der Waals surface area (Å²) in [6.07, 6.45) is 0. The summed E-state index contributed by atoms with van der Waals surface area (Å²) < 4.78 is 0. The van der Waals surface area contributed by atoms with Crippen LogP contribution in [0.1, 0.15) is 11.1 Å². The highest BCUT2D eigenvalue weighted by atomic mass is 35.5. The molecule has 0 radical (unpaired) electrons. The fraction of sp³-hybridized carbons (Fsp3) is 0.143. The van der Waals surface area contributed by atoms with Gasteiger partial charge in [0.05, 0.1) is 6.61 Å². The SMILES string of the molecule is OCc1ccccc1SCc1ccc(Cl)cc1. The van der Waals surface area contributed by atoms with Crippen molar-refractivity contribution >= 4 is 23.4 Å². The van der Waals surface area contributed by atoms with E-state index in [2.05, 4.69) is 0 Å². The van der Waals surface area contributed by atoms with Crippen molar-refractivity contribution in [1.29, 1.82) is 0 Å². The number of rotatable bonds is 4. The summed E-state index contributed by atoms with van der Waals surface area (Å²) in [6, 6.07) is 15.8. The second-order valence-corrected chi connectivity index (χ2v) is 5.13. The van der Waals surface area contributed by atoms with E-state index in [0.717, 1.165) is 21.2 Å². The number of benzene rings is 2. The molecule has 3 heteroatoms. The van der Waals surface area contributed by atoms with Gasteiger partial charge in [0.1, 0.15) is 0 Å². The lowest BCUT2D eigenvalue weighted by Crippen LogP contribution is -1.87. The molecule has 0 saturated heterocycles. The first-order chi connectivity index (χ1) is 8.29. The molecule has 0 saturated carbocycles. The molecule has 0 aliphatic rings. The molecule has 2 aromatic rings. The van der Waals surface area contributed by atoms with Crippen LogP contribution < -0.4 is 0 Å². The largest absolute Gasteiger partial charge is 0.392 e. The van der Waals surface area contributed by atoms with Gasteiger partial charge in [-0.05, 0) is 29.3 Å². The van der Waals surface area contributed by atoms with Gasteiger partial charge in [0.2, 0.25) is 0 Å². The van der Waals surface area contributed by atoms with Crippen LogP contribution in [0.4, 0.5) is 0 Å². The van der Waals surface area contributed by atoms with E-state index >= 15 is 0 Å². The van der Waals surface area contributed by atoms with Gasteiger partial charge >= 0.3 is 0 Å². The third kappa shape index (κ3) is 3.50. The third-order valence-electron chi connectivity index (χ3n) is 2.45. The predicted octanol–water partition coefficient (Wildman–Crippen LogP) is 4.12. The molecule has 0 aliphatic carbocycles. The topological polar surface area (TPSA) is 20.2 Å². The number of aliphatic hydroxyl groups excluding tert-OH is 1. The monoisotopic (exact) mass is 264 g/mol. The average Bonchev–Trinajstić information content (AvgIpc) is 2.38. The molecule has 0 spiro atoms. The molecule has 0 atom stereocenters. The minimum atomic E-state index is 0.0871. The van der Waals surface area contributed by atoms with Crippen LogP contribution in [0, 0.1) is 0 Å². The normalized spacial score (nSPS) is 10.5. The maximum Gasteiger partial charge on any atom is 0.0692 e. The highest BCUT2D eigenvalue weighted by molar-refractivity contribution is 7.98. The standard InChI is InChI=1S/C14H13ClOS/c15-13-7-5-11(6-8-13)10-17-14-4-2-1-3-12(14)9-16/h1-8,16H,9-10H2. The summed E-state index contributed by atoms with van der Waals surface area (Å²) in [5, 5.41) is 9.98. The van der Waals surface area contributed by atoms with Crippen molar-refractivity contribution in [1.82, 2.24) is 0 Å². The van der Waals surface area contributed by atoms with Crippen LogP contribution in [0.5, 0.6) is 0 Å². The van der Waals surface area contributed by atoms with Gasteiger partial charge in [-0.25, -0.2) is 0 Å². The maximum atomic E-state index is 9.22. The Morgan fingerprint density at radius 1 is 1.00 bits per heavy atom. The number of halogens is 1. The second kappa shape index (κ2) is 6.10. The molecule has 17 heavy (non-hydrogen) atoms. The lowest BCUT2D eigenvalue weighted by atomic mass is 10.2.